The Morgan fingerprint density at radius 2 is 1.69 bits per heavy atom. The Kier molecular flexibility index (Phi) is 3.31. The van der Waals surface area contributed by atoms with E-state index in [0.717, 1.165) is 18.2 Å². The molecule has 0 unspecified atom stereocenters. The van der Waals surface area contributed by atoms with Crippen LogP contribution >= 0.6 is 0 Å². The molecule has 0 heterocycles. The van der Waals surface area contributed by atoms with Crippen LogP contribution in [-0.4, -0.2) is 27.9 Å². The van der Waals surface area contributed by atoms with Crippen LogP contribution in [0.1, 0.15) is 0 Å². The molecule has 0 saturated heterocycles. The molecule has 1 aromatic rings. The molecule has 1 aromatic carbocycles. The maximum absolute atomic E-state index is 11.2. The lowest BCUT2D eigenvalue weighted by molar-refractivity contribution is -0.120. The second-order valence-electron chi connectivity index (χ2n) is 2.60. The minimum atomic E-state index is -4.51. The van der Waals surface area contributed by atoms with E-state index in [0.29, 0.717) is 6.07 Å². The van der Waals surface area contributed by atoms with Gasteiger partial charge in [-0.25, -0.2) is 0 Å². The number of hydrogen-bond donors (Lipinski definition) is 1. The van der Waals surface area contributed by atoms with Crippen molar-refractivity contribution < 1.29 is 30.4 Å². The molecule has 88 valence electrons. The Hall–Kier alpha value is -1.45. The second-order valence-corrected chi connectivity index (χ2v) is 5.59. The molecular weight excluding hydrogens is 260 g/mol. The van der Waals surface area contributed by atoms with E-state index in [1.54, 1.807) is 0 Å². The van der Waals surface area contributed by atoms with E-state index in [-0.39, 0.29) is 6.47 Å². The summed E-state index contributed by atoms with van der Waals surface area (Å²) in [7, 11) is -8.85. The summed E-state index contributed by atoms with van der Waals surface area (Å²) in [4.78, 5) is 8.75. The van der Waals surface area contributed by atoms with Crippen molar-refractivity contribution in [2.75, 3.05) is 0 Å². The quantitative estimate of drug-likeness (QED) is 0.455. The Labute approximate surface area is 91.5 Å². The zero-order valence-corrected chi connectivity index (χ0v) is 9.23. The summed E-state index contributed by atoms with van der Waals surface area (Å²) >= 11 is 0. The number of hydrogen-bond acceptors (Lipinski definition) is 6. The van der Waals surface area contributed by atoms with Gasteiger partial charge in [0.2, 0.25) is 0 Å². The van der Waals surface area contributed by atoms with Gasteiger partial charge < -0.3 is 4.18 Å². The fraction of sp³-hybridized carbons (Fsp3) is 0. The van der Waals surface area contributed by atoms with E-state index < -0.39 is 30.0 Å². The van der Waals surface area contributed by atoms with Crippen molar-refractivity contribution in [3.05, 3.63) is 24.3 Å². The lowest BCUT2D eigenvalue weighted by atomic mass is 10.4. The molecule has 0 aliphatic carbocycles. The summed E-state index contributed by atoms with van der Waals surface area (Å²) in [5, 5.41) is 0. The average molecular weight is 266 g/mol. The van der Waals surface area contributed by atoms with Gasteiger partial charge in [0, 0.05) is 0 Å². The summed E-state index contributed by atoms with van der Waals surface area (Å²) < 4.78 is 56.3. The molecule has 1 rings (SSSR count). The van der Waals surface area contributed by atoms with Gasteiger partial charge in [0.1, 0.15) is 4.90 Å². The van der Waals surface area contributed by atoms with Gasteiger partial charge in [-0.05, 0) is 18.2 Å². The van der Waals surface area contributed by atoms with E-state index >= 15 is 0 Å². The van der Waals surface area contributed by atoms with Crippen LogP contribution in [0.3, 0.4) is 0 Å². The number of benzene rings is 1. The minimum Gasteiger partial charge on any atom is -0.345 e. The summed E-state index contributed by atoms with van der Waals surface area (Å²) in [5.41, 5.74) is 0. The molecule has 0 saturated carbocycles. The third kappa shape index (κ3) is 2.78. The van der Waals surface area contributed by atoms with Crippen LogP contribution in [0.25, 0.3) is 0 Å². The highest BCUT2D eigenvalue weighted by atomic mass is 32.2. The summed E-state index contributed by atoms with van der Waals surface area (Å²) in [6.07, 6.45) is 0. The highest BCUT2D eigenvalue weighted by molar-refractivity contribution is 7.87. The SMILES string of the molecule is O=COS(=O)(=O)c1cccc(S(=O)(=O)O)c1. The van der Waals surface area contributed by atoms with Gasteiger partial charge in [0.15, 0.2) is 0 Å². The lowest BCUT2D eigenvalue weighted by Gasteiger charge is -2.02. The van der Waals surface area contributed by atoms with E-state index in [4.69, 9.17) is 4.55 Å². The van der Waals surface area contributed by atoms with Crippen molar-refractivity contribution in [3.8, 4) is 0 Å². The van der Waals surface area contributed by atoms with Crippen LogP contribution in [0.4, 0.5) is 0 Å². The molecule has 0 aliphatic heterocycles. The molecule has 7 nitrogen and oxygen atoms in total. The van der Waals surface area contributed by atoms with Crippen LogP contribution in [0.2, 0.25) is 0 Å². The first-order valence-electron chi connectivity index (χ1n) is 3.72. The van der Waals surface area contributed by atoms with Crippen molar-refractivity contribution in [2.45, 2.75) is 9.79 Å². The largest absolute Gasteiger partial charge is 0.345 e. The Balaban J connectivity index is 3.35. The van der Waals surface area contributed by atoms with Gasteiger partial charge in [-0.1, -0.05) is 6.07 Å². The van der Waals surface area contributed by atoms with Crippen LogP contribution in [-0.2, 0) is 29.2 Å². The van der Waals surface area contributed by atoms with Crippen LogP contribution in [0, 0.1) is 0 Å². The molecule has 0 atom stereocenters. The minimum absolute atomic E-state index is 0.296. The average Bonchev–Trinajstić information content (AvgIpc) is 2.16. The normalized spacial score (nSPS) is 12.1. The van der Waals surface area contributed by atoms with E-state index in [9.17, 15) is 21.6 Å². The van der Waals surface area contributed by atoms with Crippen LogP contribution < -0.4 is 0 Å². The molecule has 0 radical (unpaired) electrons. The van der Waals surface area contributed by atoms with Crippen molar-refractivity contribution in [1.29, 1.82) is 0 Å². The zero-order chi connectivity index (χ0) is 12.4. The van der Waals surface area contributed by atoms with Gasteiger partial charge in [0.05, 0.1) is 4.90 Å². The molecule has 0 fully saturated rings. The number of carbonyl (C=O) groups excluding carboxylic acids is 1. The predicted octanol–water partition coefficient (Wildman–Crippen LogP) is -0.205. The van der Waals surface area contributed by atoms with Gasteiger partial charge in [-0.15, -0.1) is 0 Å². The Morgan fingerprint density at radius 1 is 1.12 bits per heavy atom. The molecule has 9 heteroatoms. The predicted molar refractivity (Wildman–Crippen MR) is 50.6 cm³/mol. The smallest absolute Gasteiger partial charge is 0.341 e. The molecule has 0 aliphatic rings. The third-order valence-electron chi connectivity index (χ3n) is 1.56. The molecule has 0 spiro atoms. The van der Waals surface area contributed by atoms with Crippen LogP contribution in [0.15, 0.2) is 34.1 Å². The summed E-state index contributed by atoms with van der Waals surface area (Å²) in [6.45, 7) is -0.296. The van der Waals surface area contributed by atoms with Crippen molar-refractivity contribution in [3.63, 3.8) is 0 Å². The first-order valence-corrected chi connectivity index (χ1v) is 6.57. The fourth-order valence-corrected chi connectivity index (χ4v) is 2.23. The van der Waals surface area contributed by atoms with E-state index in [2.05, 4.69) is 4.18 Å². The lowest BCUT2D eigenvalue weighted by Crippen LogP contribution is -2.06. The molecule has 0 amide bonds. The summed E-state index contributed by atoms with van der Waals surface area (Å²) in [6, 6.07) is 3.78. The number of rotatable bonds is 4. The molecule has 16 heavy (non-hydrogen) atoms. The maximum atomic E-state index is 11.2. The van der Waals surface area contributed by atoms with Crippen molar-refractivity contribution >= 4 is 26.7 Å². The van der Waals surface area contributed by atoms with Gasteiger partial charge in [-0.3, -0.25) is 9.35 Å². The first-order chi connectivity index (χ1) is 7.27. The second kappa shape index (κ2) is 4.20. The molecule has 0 bridgehead atoms. The monoisotopic (exact) mass is 266 g/mol. The first kappa shape index (κ1) is 12.6. The van der Waals surface area contributed by atoms with Crippen LogP contribution in [0.5, 0.6) is 0 Å². The Bertz CT molecular complexity index is 599. The third-order valence-corrected chi connectivity index (χ3v) is 3.57. The summed E-state index contributed by atoms with van der Waals surface area (Å²) in [5.74, 6) is 0. The highest BCUT2D eigenvalue weighted by Gasteiger charge is 2.18. The van der Waals surface area contributed by atoms with Gasteiger partial charge in [0.25, 0.3) is 10.1 Å². The Morgan fingerprint density at radius 3 is 2.19 bits per heavy atom. The van der Waals surface area contributed by atoms with E-state index in [1.165, 1.54) is 0 Å². The van der Waals surface area contributed by atoms with E-state index in [1.807, 2.05) is 0 Å². The topological polar surface area (TPSA) is 115 Å². The van der Waals surface area contributed by atoms with Gasteiger partial charge >= 0.3 is 16.6 Å². The molecule has 0 aromatic heterocycles. The maximum Gasteiger partial charge on any atom is 0.341 e. The highest BCUT2D eigenvalue weighted by Crippen LogP contribution is 2.16. The fourth-order valence-electron chi connectivity index (χ4n) is 0.897. The van der Waals surface area contributed by atoms with Crippen molar-refractivity contribution in [2.24, 2.45) is 0 Å². The number of carbonyl (C=O) groups is 1. The molecular formula is C7H6O7S2. The van der Waals surface area contributed by atoms with Crippen molar-refractivity contribution in [1.82, 2.24) is 0 Å². The standard InChI is InChI=1S/C7H6O7S2/c8-5-14-16(12,13)7-3-1-2-6(4-7)15(9,10)11/h1-5H,(H,9,10,11). The zero-order valence-electron chi connectivity index (χ0n) is 7.60. The molecule has 1 N–H and O–H groups in total. The van der Waals surface area contributed by atoms with Gasteiger partial charge in [-0.2, -0.15) is 16.8 Å².